The summed E-state index contributed by atoms with van der Waals surface area (Å²) in [7, 11) is 0. The third-order valence-electron chi connectivity index (χ3n) is 1.94. The van der Waals surface area contributed by atoms with Gasteiger partial charge in [-0.3, -0.25) is 0 Å². The molecule has 2 nitrogen and oxygen atoms in total. The predicted octanol–water partition coefficient (Wildman–Crippen LogP) is 2.65. The first-order valence-electron chi connectivity index (χ1n) is 4.55. The number of ether oxygens (including phenoxy) is 1. The molecule has 14 heavy (non-hydrogen) atoms. The molecule has 0 spiro atoms. The Bertz CT molecular complexity index is 299. The van der Waals surface area contributed by atoms with Crippen molar-refractivity contribution in [3.63, 3.8) is 0 Å². The van der Waals surface area contributed by atoms with Gasteiger partial charge in [-0.1, -0.05) is 11.6 Å². The van der Waals surface area contributed by atoms with Crippen molar-refractivity contribution in [1.82, 2.24) is 0 Å². The Morgan fingerprint density at radius 2 is 2.29 bits per heavy atom. The van der Waals surface area contributed by atoms with E-state index < -0.39 is 0 Å². The van der Waals surface area contributed by atoms with Crippen molar-refractivity contribution in [2.45, 2.75) is 12.8 Å². The van der Waals surface area contributed by atoms with Crippen LogP contribution in [0.2, 0.25) is 5.02 Å². The van der Waals surface area contributed by atoms with E-state index in [0.717, 1.165) is 11.3 Å². The van der Waals surface area contributed by atoms with Gasteiger partial charge in [-0.15, -0.1) is 0 Å². The third-order valence-corrected chi connectivity index (χ3v) is 2.28. The van der Waals surface area contributed by atoms with Crippen molar-refractivity contribution in [3.05, 3.63) is 35.7 Å². The average Bonchev–Trinajstić information content (AvgIpc) is 2.20. The maximum atomic E-state index is 8.97. The van der Waals surface area contributed by atoms with Crippen LogP contribution in [0.15, 0.2) is 18.2 Å². The second-order valence-electron chi connectivity index (χ2n) is 3.00. The first-order chi connectivity index (χ1) is 6.69. The Morgan fingerprint density at radius 3 is 2.86 bits per heavy atom. The first-order valence-corrected chi connectivity index (χ1v) is 4.93. The quantitative estimate of drug-likeness (QED) is 0.833. The second kappa shape index (κ2) is 5.23. The predicted molar refractivity (Wildman–Crippen MR) is 57.8 cm³/mol. The molecule has 1 radical (unpaired) electrons. The molecular formula is C11H14ClO2. The van der Waals surface area contributed by atoms with Gasteiger partial charge in [0, 0.05) is 17.5 Å². The summed E-state index contributed by atoms with van der Waals surface area (Å²) in [6.07, 6.45) is 0. The number of aliphatic hydroxyl groups is 1. The molecule has 0 bridgehead atoms. The van der Waals surface area contributed by atoms with E-state index in [0.29, 0.717) is 11.6 Å². The topological polar surface area (TPSA) is 29.5 Å². The molecule has 1 aromatic rings. The number of hydrogen-bond acceptors (Lipinski definition) is 2. The van der Waals surface area contributed by atoms with Crippen LogP contribution in [0.25, 0.3) is 0 Å². The highest BCUT2D eigenvalue weighted by Crippen LogP contribution is 2.28. The van der Waals surface area contributed by atoms with Crippen LogP contribution in [-0.2, 0) is 0 Å². The minimum absolute atomic E-state index is 0.0186. The van der Waals surface area contributed by atoms with Gasteiger partial charge in [0.05, 0.1) is 6.61 Å². The van der Waals surface area contributed by atoms with Crippen LogP contribution in [-0.4, -0.2) is 18.3 Å². The summed E-state index contributed by atoms with van der Waals surface area (Å²) >= 11 is 5.96. The van der Waals surface area contributed by atoms with E-state index in [9.17, 15) is 0 Å². The molecule has 0 aliphatic rings. The summed E-state index contributed by atoms with van der Waals surface area (Å²) in [6.45, 7) is 6.31. The molecule has 1 rings (SSSR count). The van der Waals surface area contributed by atoms with Crippen molar-refractivity contribution < 1.29 is 9.84 Å². The molecule has 0 saturated heterocycles. The molecule has 0 amide bonds. The number of aliphatic hydroxyl groups excluding tert-OH is 1. The molecule has 3 heteroatoms. The molecule has 0 heterocycles. The molecule has 0 aliphatic carbocycles. The van der Waals surface area contributed by atoms with Crippen molar-refractivity contribution in [1.29, 1.82) is 0 Å². The lowest BCUT2D eigenvalue weighted by atomic mass is 10.0. The molecular weight excluding hydrogens is 200 g/mol. The van der Waals surface area contributed by atoms with Crippen LogP contribution in [0, 0.1) is 6.92 Å². The number of halogens is 1. The fourth-order valence-corrected chi connectivity index (χ4v) is 1.46. The van der Waals surface area contributed by atoms with E-state index in [1.54, 1.807) is 12.1 Å². The highest BCUT2D eigenvalue weighted by molar-refractivity contribution is 6.31. The van der Waals surface area contributed by atoms with Gasteiger partial charge in [-0.05, 0) is 37.6 Å². The fraction of sp³-hybridized carbons (Fsp3) is 0.364. The molecule has 0 fully saturated rings. The standard InChI is InChI=1S/C11H14ClO2/c1-3-14-9-4-5-11(12)10(6-9)8(2)7-13/h4-6,8,13H,2-3,7H2,1H3. The molecule has 77 valence electrons. The molecule has 1 unspecified atom stereocenters. The van der Waals surface area contributed by atoms with E-state index >= 15 is 0 Å². The van der Waals surface area contributed by atoms with Crippen LogP contribution in [0.4, 0.5) is 0 Å². The Kier molecular flexibility index (Phi) is 4.23. The maximum Gasteiger partial charge on any atom is 0.119 e. The monoisotopic (exact) mass is 213 g/mol. The van der Waals surface area contributed by atoms with Crippen LogP contribution in [0.1, 0.15) is 18.4 Å². The summed E-state index contributed by atoms with van der Waals surface area (Å²) in [5.74, 6) is 0.553. The molecule has 0 aromatic heterocycles. The molecule has 1 aromatic carbocycles. The van der Waals surface area contributed by atoms with Crippen LogP contribution in [0.3, 0.4) is 0 Å². The number of benzene rings is 1. The normalized spacial score (nSPS) is 12.6. The largest absolute Gasteiger partial charge is 0.494 e. The Labute approximate surface area is 89.5 Å². The summed E-state index contributed by atoms with van der Waals surface area (Å²) in [5, 5.41) is 9.58. The first kappa shape index (κ1) is 11.3. The summed E-state index contributed by atoms with van der Waals surface area (Å²) in [4.78, 5) is 0. The Morgan fingerprint density at radius 1 is 1.57 bits per heavy atom. The lowest BCUT2D eigenvalue weighted by Gasteiger charge is -2.12. The van der Waals surface area contributed by atoms with Gasteiger partial charge in [0.2, 0.25) is 0 Å². The second-order valence-corrected chi connectivity index (χ2v) is 3.40. The van der Waals surface area contributed by atoms with E-state index in [2.05, 4.69) is 6.92 Å². The fourth-order valence-electron chi connectivity index (χ4n) is 1.19. The SMILES string of the molecule is [CH2]C(CO)c1cc(OCC)ccc1Cl. The summed E-state index contributed by atoms with van der Waals surface area (Å²) in [6, 6.07) is 5.38. The zero-order chi connectivity index (χ0) is 10.6. The Hall–Kier alpha value is -0.730. The molecule has 0 saturated carbocycles. The zero-order valence-electron chi connectivity index (χ0n) is 8.16. The lowest BCUT2D eigenvalue weighted by Crippen LogP contribution is -2.01. The van der Waals surface area contributed by atoms with Crippen LogP contribution in [0.5, 0.6) is 5.75 Å². The minimum Gasteiger partial charge on any atom is -0.494 e. The van der Waals surface area contributed by atoms with Gasteiger partial charge in [-0.25, -0.2) is 0 Å². The van der Waals surface area contributed by atoms with Crippen molar-refractivity contribution >= 4 is 11.6 Å². The van der Waals surface area contributed by atoms with Crippen LogP contribution < -0.4 is 4.74 Å². The summed E-state index contributed by atoms with van der Waals surface area (Å²) in [5.41, 5.74) is 0.820. The van der Waals surface area contributed by atoms with Gasteiger partial charge in [0.15, 0.2) is 0 Å². The van der Waals surface area contributed by atoms with Gasteiger partial charge in [0.25, 0.3) is 0 Å². The smallest absolute Gasteiger partial charge is 0.119 e. The van der Waals surface area contributed by atoms with Gasteiger partial charge in [0.1, 0.15) is 5.75 Å². The van der Waals surface area contributed by atoms with Gasteiger partial charge < -0.3 is 9.84 Å². The zero-order valence-corrected chi connectivity index (χ0v) is 8.92. The van der Waals surface area contributed by atoms with E-state index in [-0.39, 0.29) is 12.5 Å². The van der Waals surface area contributed by atoms with E-state index in [1.165, 1.54) is 0 Å². The van der Waals surface area contributed by atoms with Gasteiger partial charge in [-0.2, -0.15) is 0 Å². The van der Waals surface area contributed by atoms with Crippen LogP contribution >= 0.6 is 11.6 Å². The average molecular weight is 214 g/mol. The minimum atomic E-state index is -0.206. The third kappa shape index (κ3) is 2.63. The number of rotatable bonds is 4. The van der Waals surface area contributed by atoms with Gasteiger partial charge >= 0.3 is 0 Å². The van der Waals surface area contributed by atoms with E-state index in [4.69, 9.17) is 21.4 Å². The molecule has 1 atom stereocenters. The van der Waals surface area contributed by atoms with E-state index in [1.807, 2.05) is 13.0 Å². The highest BCUT2D eigenvalue weighted by Gasteiger charge is 2.09. The maximum absolute atomic E-state index is 8.97. The Balaban J connectivity index is 2.95. The molecule has 0 aliphatic heterocycles. The summed E-state index contributed by atoms with van der Waals surface area (Å²) < 4.78 is 5.33. The molecule has 1 N–H and O–H groups in total. The van der Waals surface area contributed by atoms with Crippen molar-refractivity contribution in [2.75, 3.05) is 13.2 Å². The lowest BCUT2D eigenvalue weighted by molar-refractivity contribution is 0.282. The van der Waals surface area contributed by atoms with Crippen molar-refractivity contribution in [2.24, 2.45) is 0 Å². The highest BCUT2D eigenvalue weighted by atomic mass is 35.5. The van der Waals surface area contributed by atoms with Crippen molar-refractivity contribution in [3.8, 4) is 5.75 Å². The number of hydrogen-bond donors (Lipinski definition) is 1.